The molecule has 2 aromatic carbocycles. The van der Waals surface area contributed by atoms with E-state index < -0.39 is 6.10 Å². The van der Waals surface area contributed by atoms with Gasteiger partial charge in [-0.05, 0) is 49.2 Å². The van der Waals surface area contributed by atoms with Crippen molar-refractivity contribution in [3.63, 3.8) is 0 Å². The van der Waals surface area contributed by atoms with E-state index in [1.54, 1.807) is 31.2 Å². The van der Waals surface area contributed by atoms with Crippen LogP contribution >= 0.6 is 11.6 Å². The number of nitriles is 1. The summed E-state index contributed by atoms with van der Waals surface area (Å²) in [6.07, 6.45) is -0.0820. The number of rotatable bonds is 6. The molecule has 0 aliphatic carbocycles. The number of nitrogens with one attached hydrogen (secondary N) is 1. The summed E-state index contributed by atoms with van der Waals surface area (Å²) in [4.78, 5) is 12.2. The highest BCUT2D eigenvalue weighted by Crippen LogP contribution is 2.38. The molecule has 1 aliphatic heterocycles. The van der Waals surface area contributed by atoms with E-state index in [0.29, 0.717) is 54.0 Å². The van der Waals surface area contributed by atoms with Crippen molar-refractivity contribution in [2.75, 3.05) is 19.8 Å². The molecule has 1 unspecified atom stereocenters. The third-order valence-corrected chi connectivity index (χ3v) is 4.30. The van der Waals surface area contributed by atoms with Gasteiger partial charge in [-0.25, -0.2) is 0 Å². The molecule has 1 amide bonds. The predicted octanol–water partition coefficient (Wildman–Crippen LogP) is 3.11. The largest absolute Gasteiger partial charge is 0.486 e. The smallest absolute Gasteiger partial charge is 0.260 e. The summed E-state index contributed by atoms with van der Waals surface area (Å²) in [5.74, 6) is 1.44. The van der Waals surface area contributed by atoms with Crippen LogP contribution in [0.25, 0.3) is 0 Å². The van der Waals surface area contributed by atoms with E-state index in [1.807, 2.05) is 18.2 Å². The summed E-state index contributed by atoms with van der Waals surface area (Å²) >= 11 is 6.22. The molecule has 1 heterocycles. The molecular formula is C20H19ClN2O4. The van der Waals surface area contributed by atoms with Crippen molar-refractivity contribution < 1.29 is 19.0 Å². The van der Waals surface area contributed by atoms with Crippen LogP contribution in [0.3, 0.4) is 0 Å². The van der Waals surface area contributed by atoms with E-state index in [0.717, 1.165) is 5.56 Å². The molecule has 0 bridgehead atoms. The normalized spacial score (nSPS) is 13.4. The number of benzene rings is 2. The van der Waals surface area contributed by atoms with E-state index in [1.165, 1.54) is 0 Å². The highest BCUT2D eigenvalue weighted by Gasteiger charge is 2.17. The second-order valence-corrected chi connectivity index (χ2v) is 6.45. The van der Waals surface area contributed by atoms with Crippen LogP contribution in [0.2, 0.25) is 5.02 Å². The van der Waals surface area contributed by atoms with Crippen LogP contribution in [0, 0.1) is 11.3 Å². The number of ether oxygens (including phenoxy) is 3. The molecular weight excluding hydrogens is 368 g/mol. The fourth-order valence-electron chi connectivity index (χ4n) is 2.68. The van der Waals surface area contributed by atoms with Crippen molar-refractivity contribution >= 4 is 17.5 Å². The van der Waals surface area contributed by atoms with Gasteiger partial charge in [0.2, 0.25) is 0 Å². The van der Waals surface area contributed by atoms with Gasteiger partial charge in [-0.1, -0.05) is 17.7 Å². The summed E-state index contributed by atoms with van der Waals surface area (Å²) in [6, 6.07) is 12.4. The zero-order valence-electron chi connectivity index (χ0n) is 14.8. The van der Waals surface area contributed by atoms with Gasteiger partial charge >= 0.3 is 0 Å². The van der Waals surface area contributed by atoms with Gasteiger partial charge in [0.05, 0.1) is 16.7 Å². The number of fused-ring (bicyclic) bond motifs is 1. The first-order chi connectivity index (χ1) is 13.1. The molecule has 0 spiro atoms. The summed E-state index contributed by atoms with van der Waals surface area (Å²) < 4.78 is 16.6. The number of carbonyl (C=O) groups is 1. The lowest BCUT2D eigenvalue weighted by molar-refractivity contribution is -0.127. The van der Waals surface area contributed by atoms with Crippen LogP contribution in [0.5, 0.6) is 17.2 Å². The van der Waals surface area contributed by atoms with Gasteiger partial charge in [-0.3, -0.25) is 4.79 Å². The Morgan fingerprint density at radius 3 is 2.96 bits per heavy atom. The van der Waals surface area contributed by atoms with Crippen molar-refractivity contribution in [1.29, 1.82) is 5.26 Å². The Morgan fingerprint density at radius 1 is 1.33 bits per heavy atom. The molecule has 140 valence electrons. The standard InChI is InChI=1S/C20H19ClN2O4/c1-13(27-16-4-2-3-15(9-16)12-22)20(24)23-6-5-14-10-17(21)19-18(11-14)25-7-8-26-19/h2-4,9-11,13H,5-8H2,1H3,(H,23,24). The predicted molar refractivity (Wildman–Crippen MR) is 100 cm³/mol. The number of halogens is 1. The van der Waals surface area contributed by atoms with Crippen molar-refractivity contribution in [3.8, 4) is 23.3 Å². The summed E-state index contributed by atoms with van der Waals surface area (Å²) in [5.41, 5.74) is 1.43. The summed E-state index contributed by atoms with van der Waals surface area (Å²) in [6.45, 7) is 3.07. The molecule has 1 aliphatic rings. The highest BCUT2D eigenvalue weighted by molar-refractivity contribution is 6.32. The third kappa shape index (κ3) is 4.83. The van der Waals surface area contributed by atoms with Crippen LogP contribution < -0.4 is 19.5 Å². The zero-order chi connectivity index (χ0) is 19.2. The van der Waals surface area contributed by atoms with Gasteiger partial charge in [-0.15, -0.1) is 0 Å². The van der Waals surface area contributed by atoms with Crippen LogP contribution in [0.4, 0.5) is 0 Å². The fraction of sp³-hybridized carbons (Fsp3) is 0.300. The van der Waals surface area contributed by atoms with Gasteiger partial charge in [-0.2, -0.15) is 5.26 Å². The summed E-state index contributed by atoms with van der Waals surface area (Å²) in [5, 5.41) is 12.2. The van der Waals surface area contributed by atoms with E-state index in [2.05, 4.69) is 5.32 Å². The molecule has 3 rings (SSSR count). The van der Waals surface area contributed by atoms with Crippen LogP contribution in [0.15, 0.2) is 36.4 Å². The number of hydrogen-bond acceptors (Lipinski definition) is 5. The minimum absolute atomic E-state index is 0.235. The second kappa shape index (κ2) is 8.65. The average molecular weight is 387 g/mol. The maximum Gasteiger partial charge on any atom is 0.260 e. The molecule has 0 aromatic heterocycles. The molecule has 7 heteroatoms. The Labute approximate surface area is 162 Å². The van der Waals surface area contributed by atoms with Gasteiger partial charge in [0, 0.05) is 6.54 Å². The average Bonchev–Trinajstić information content (AvgIpc) is 2.68. The van der Waals surface area contributed by atoms with Crippen molar-refractivity contribution in [2.24, 2.45) is 0 Å². The molecule has 1 atom stereocenters. The maximum absolute atomic E-state index is 12.2. The van der Waals surface area contributed by atoms with Gasteiger partial charge in [0.1, 0.15) is 19.0 Å². The SMILES string of the molecule is CC(Oc1cccc(C#N)c1)C(=O)NCCc1cc(Cl)c2c(c1)OCCO2. The lowest BCUT2D eigenvalue weighted by Crippen LogP contribution is -2.37. The molecule has 2 aromatic rings. The van der Waals surface area contributed by atoms with Crippen molar-refractivity contribution in [3.05, 3.63) is 52.5 Å². The molecule has 1 N–H and O–H groups in total. The molecule has 0 fully saturated rings. The summed E-state index contributed by atoms with van der Waals surface area (Å²) in [7, 11) is 0. The first-order valence-corrected chi connectivity index (χ1v) is 8.97. The minimum atomic E-state index is -0.678. The maximum atomic E-state index is 12.2. The van der Waals surface area contributed by atoms with Crippen molar-refractivity contribution in [1.82, 2.24) is 5.32 Å². The quantitative estimate of drug-likeness (QED) is 0.825. The van der Waals surface area contributed by atoms with Gasteiger partial charge in [0.25, 0.3) is 5.91 Å². The van der Waals surface area contributed by atoms with Crippen LogP contribution in [-0.4, -0.2) is 31.8 Å². The Morgan fingerprint density at radius 2 is 2.15 bits per heavy atom. The molecule has 27 heavy (non-hydrogen) atoms. The molecule has 0 radical (unpaired) electrons. The van der Waals surface area contributed by atoms with E-state index in [-0.39, 0.29) is 5.91 Å². The van der Waals surface area contributed by atoms with Crippen LogP contribution in [-0.2, 0) is 11.2 Å². The monoisotopic (exact) mass is 386 g/mol. The number of nitrogens with zero attached hydrogens (tertiary/aromatic N) is 1. The Hall–Kier alpha value is -2.91. The molecule has 0 saturated carbocycles. The minimum Gasteiger partial charge on any atom is -0.486 e. The Balaban J connectivity index is 1.52. The van der Waals surface area contributed by atoms with Crippen molar-refractivity contribution in [2.45, 2.75) is 19.4 Å². The van der Waals surface area contributed by atoms with E-state index >= 15 is 0 Å². The topological polar surface area (TPSA) is 80.6 Å². The van der Waals surface area contributed by atoms with Gasteiger partial charge in [0.15, 0.2) is 17.6 Å². The lowest BCUT2D eigenvalue weighted by Gasteiger charge is -2.20. The number of hydrogen-bond donors (Lipinski definition) is 1. The number of amides is 1. The van der Waals surface area contributed by atoms with E-state index in [9.17, 15) is 4.79 Å². The first kappa shape index (κ1) is 18.9. The first-order valence-electron chi connectivity index (χ1n) is 8.59. The fourth-order valence-corrected chi connectivity index (χ4v) is 2.97. The number of carbonyl (C=O) groups excluding carboxylic acids is 1. The third-order valence-electron chi connectivity index (χ3n) is 4.01. The zero-order valence-corrected chi connectivity index (χ0v) is 15.6. The lowest BCUT2D eigenvalue weighted by atomic mass is 10.1. The second-order valence-electron chi connectivity index (χ2n) is 6.04. The highest BCUT2D eigenvalue weighted by atomic mass is 35.5. The van der Waals surface area contributed by atoms with Crippen LogP contribution in [0.1, 0.15) is 18.1 Å². The Bertz CT molecular complexity index is 879. The molecule has 6 nitrogen and oxygen atoms in total. The Kier molecular flexibility index (Phi) is 6.05. The molecule has 0 saturated heterocycles. The van der Waals surface area contributed by atoms with E-state index in [4.69, 9.17) is 31.1 Å². The van der Waals surface area contributed by atoms with Gasteiger partial charge < -0.3 is 19.5 Å².